The molecule has 0 aliphatic heterocycles. The highest BCUT2D eigenvalue weighted by molar-refractivity contribution is 6.28. The van der Waals surface area contributed by atoms with Gasteiger partial charge in [0.1, 0.15) is 5.75 Å². The molecule has 1 aliphatic rings. The molecule has 0 bridgehead atoms. The largest absolute Gasteiger partial charge is 0.423 e. The minimum atomic E-state index is -0.576. The third kappa shape index (κ3) is 2.54. The maximum atomic E-state index is 12.7. The molecule has 3 aromatic carbocycles. The van der Waals surface area contributed by atoms with E-state index in [4.69, 9.17) is 4.74 Å². The van der Waals surface area contributed by atoms with Crippen LogP contribution in [0, 0.1) is 0 Å². The molecule has 25 heavy (non-hydrogen) atoms. The molecule has 0 atom stereocenters. The molecule has 3 aromatic rings. The number of rotatable bonds is 2. The van der Waals surface area contributed by atoms with Crippen LogP contribution in [0.25, 0.3) is 0 Å². The van der Waals surface area contributed by atoms with E-state index in [9.17, 15) is 14.4 Å². The van der Waals surface area contributed by atoms with Gasteiger partial charge in [0.05, 0.1) is 5.56 Å². The highest BCUT2D eigenvalue weighted by Gasteiger charge is 2.30. The first-order chi connectivity index (χ1) is 12.1. The van der Waals surface area contributed by atoms with Gasteiger partial charge in [0.15, 0.2) is 11.6 Å². The van der Waals surface area contributed by atoms with Crippen molar-refractivity contribution in [1.82, 2.24) is 0 Å². The lowest BCUT2D eigenvalue weighted by molar-refractivity contribution is 0.0734. The number of hydrogen-bond acceptors (Lipinski definition) is 4. The van der Waals surface area contributed by atoms with Gasteiger partial charge >= 0.3 is 5.97 Å². The van der Waals surface area contributed by atoms with Crippen LogP contribution in [-0.2, 0) is 0 Å². The lowest BCUT2D eigenvalue weighted by Crippen LogP contribution is -2.21. The number of ether oxygens (including phenoxy) is 1. The number of fused-ring (bicyclic) bond motifs is 2. The Morgan fingerprint density at radius 1 is 0.640 bits per heavy atom. The van der Waals surface area contributed by atoms with Crippen molar-refractivity contribution in [2.75, 3.05) is 0 Å². The van der Waals surface area contributed by atoms with Crippen molar-refractivity contribution in [2.24, 2.45) is 0 Å². The first-order valence-corrected chi connectivity index (χ1v) is 7.75. The molecule has 120 valence electrons. The summed E-state index contributed by atoms with van der Waals surface area (Å²) in [5.74, 6) is -0.640. The molecule has 4 heteroatoms. The van der Waals surface area contributed by atoms with E-state index in [0.717, 1.165) is 0 Å². The van der Waals surface area contributed by atoms with Gasteiger partial charge < -0.3 is 4.74 Å². The molecule has 0 unspecified atom stereocenters. The number of carbonyl (C=O) groups is 3. The van der Waals surface area contributed by atoms with Crippen molar-refractivity contribution < 1.29 is 19.1 Å². The van der Waals surface area contributed by atoms with Crippen LogP contribution < -0.4 is 4.74 Å². The van der Waals surface area contributed by atoms with Gasteiger partial charge in [-0.2, -0.15) is 0 Å². The Kier molecular flexibility index (Phi) is 3.51. The summed E-state index contributed by atoms with van der Waals surface area (Å²) < 4.78 is 5.29. The topological polar surface area (TPSA) is 60.4 Å². The number of benzene rings is 3. The summed E-state index contributed by atoms with van der Waals surface area (Å²) in [7, 11) is 0. The standard InChI is InChI=1S/C21H12O4/c22-19-15-8-4-5-9-16(15)20(23)18-12-13(10-11-17(18)19)21(24)25-14-6-2-1-3-7-14/h1-12H. The molecule has 0 saturated heterocycles. The average molecular weight is 328 g/mol. The van der Waals surface area contributed by atoms with Gasteiger partial charge in [-0.3, -0.25) is 9.59 Å². The van der Waals surface area contributed by atoms with Gasteiger partial charge in [0.25, 0.3) is 0 Å². The second kappa shape index (κ2) is 5.83. The molecule has 4 rings (SSSR count). The number of esters is 1. The van der Waals surface area contributed by atoms with E-state index in [1.54, 1.807) is 48.5 Å². The van der Waals surface area contributed by atoms with Crippen LogP contribution in [0.1, 0.15) is 42.2 Å². The lowest BCUT2D eigenvalue weighted by atomic mass is 9.83. The Morgan fingerprint density at radius 3 is 1.88 bits per heavy atom. The molecule has 0 aromatic heterocycles. The Balaban J connectivity index is 1.72. The van der Waals surface area contributed by atoms with E-state index in [0.29, 0.717) is 22.4 Å². The molecule has 0 spiro atoms. The maximum absolute atomic E-state index is 12.7. The average Bonchev–Trinajstić information content (AvgIpc) is 2.66. The van der Waals surface area contributed by atoms with Crippen molar-refractivity contribution in [3.8, 4) is 5.75 Å². The van der Waals surface area contributed by atoms with Crippen molar-refractivity contribution in [2.45, 2.75) is 0 Å². The number of para-hydroxylation sites is 1. The number of ketones is 2. The lowest BCUT2D eigenvalue weighted by Gasteiger charge is -2.17. The predicted molar refractivity (Wildman–Crippen MR) is 91.1 cm³/mol. The quantitative estimate of drug-likeness (QED) is 0.416. The molecule has 0 saturated carbocycles. The van der Waals surface area contributed by atoms with Crippen molar-refractivity contribution >= 4 is 17.5 Å². The number of carbonyl (C=O) groups excluding carboxylic acids is 3. The third-order valence-electron chi connectivity index (χ3n) is 4.11. The van der Waals surface area contributed by atoms with Crippen LogP contribution in [0.4, 0.5) is 0 Å². The molecule has 0 N–H and O–H groups in total. The first-order valence-electron chi connectivity index (χ1n) is 7.75. The summed E-state index contributed by atoms with van der Waals surface area (Å²) in [6.07, 6.45) is 0. The summed E-state index contributed by atoms with van der Waals surface area (Å²) in [6, 6.07) is 19.8. The second-order valence-corrected chi connectivity index (χ2v) is 5.67. The zero-order valence-corrected chi connectivity index (χ0v) is 13.1. The summed E-state index contributed by atoms with van der Waals surface area (Å²) in [4.78, 5) is 37.6. The molecular weight excluding hydrogens is 316 g/mol. The highest BCUT2D eigenvalue weighted by Crippen LogP contribution is 2.28. The summed E-state index contributed by atoms with van der Waals surface area (Å²) >= 11 is 0. The van der Waals surface area contributed by atoms with E-state index in [2.05, 4.69) is 0 Å². The fourth-order valence-corrected chi connectivity index (χ4v) is 2.88. The predicted octanol–water partition coefficient (Wildman–Crippen LogP) is 3.68. The van der Waals surface area contributed by atoms with E-state index < -0.39 is 5.97 Å². The zero-order valence-electron chi connectivity index (χ0n) is 13.1. The Bertz CT molecular complexity index is 1020. The molecule has 0 radical (unpaired) electrons. The van der Waals surface area contributed by atoms with Gasteiger partial charge in [0.2, 0.25) is 0 Å². The Morgan fingerprint density at radius 2 is 1.20 bits per heavy atom. The third-order valence-corrected chi connectivity index (χ3v) is 4.11. The van der Waals surface area contributed by atoms with E-state index >= 15 is 0 Å². The first kappa shape index (κ1) is 15.0. The second-order valence-electron chi connectivity index (χ2n) is 5.67. The van der Waals surface area contributed by atoms with Crippen LogP contribution in [0.15, 0.2) is 72.8 Å². The Hall–Kier alpha value is -3.53. The monoisotopic (exact) mass is 328 g/mol. The van der Waals surface area contributed by atoms with Crippen LogP contribution in [0.2, 0.25) is 0 Å². The SMILES string of the molecule is O=C(Oc1ccccc1)c1ccc2c(c1)C(=O)c1ccccc1C2=O. The fourth-order valence-electron chi connectivity index (χ4n) is 2.88. The van der Waals surface area contributed by atoms with Crippen molar-refractivity contribution in [3.63, 3.8) is 0 Å². The molecule has 1 aliphatic carbocycles. The summed E-state index contributed by atoms with van der Waals surface area (Å²) in [5.41, 5.74) is 1.50. The van der Waals surface area contributed by atoms with Gasteiger partial charge in [-0.15, -0.1) is 0 Å². The van der Waals surface area contributed by atoms with Gasteiger partial charge in [-0.05, 0) is 30.3 Å². The molecule has 0 heterocycles. The molecule has 0 fully saturated rings. The van der Waals surface area contributed by atoms with E-state index in [-0.39, 0.29) is 22.7 Å². The highest BCUT2D eigenvalue weighted by atomic mass is 16.5. The maximum Gasteiger partial charge on any atom is 0.343 e. The minimum Gasteiger partial charge on any atom is -0.423 e. The minimum absolute atomic E-state index is 0.215. The Labute approximate surface area is 143 Å². The smallest absolute Gasteiger partial charge is 0.343 e. The molecule has 0 amide bonds. The summed E-state index contributed by atoms with van der Waals surface area (Å²) in [6.45, 7) is 0. The van der Waals surface area contributed by atoms with Crippen LogP contribution in [-0.4, -0.2) is 17.5 Å². The van der Waals surface area contributed by atoms with Crippen LogP contribution in [0.3, 0.4) is 0 Å². The van der Waals surface area contributed by atoms with Gasteiger partial charge in [-0.1, -0.05) is 42.5 Å². The molecule has 4 nitrogen and oxygen atoms in total. The van der Waals surface area contributed by atoms with Crippen LogP contribution in [0.5, 0.6) is 5.75 Å². The fraction of sp³-hybridized carbons (Fsp3) is 0. The zero-order chi connectivity index (χ0) is 17.4. The van der Waals surface area contributed by atoms with Crippen molar-refractivity contribution in [1.29, 1.82) is 0 Å². The normalized spacial score (nSPS) is 12.3. The van der Waals surface area contributed by atoms with Gasteiger partial charge in [0, 0.05) is 22.3 Å². The van der Waals surface area contributed by atoms with Crippen LogP contribution >= 0.6 is 0 Å². The van der Waals surface area contributed by atoms with Gasteiger partial charge in [-0.25, -0.2) is 4.79 Å². The summed E-state index contributed by atoms with van der Waals surface area (Å²) in [5, 5.41) is 0. The van der Waals surface area contributed by atoms with E-state index in [1.165, 1.54) is 18.2 Å². The number of hydrogen-bond donors (Lipinski definition) is 0. The van der Waals surface area contributed by atoms with E-state index in [1.807, 2.05) is 6.07 Å². The molecular formula is C21H12O4. The van der Waals surface area contributed by atoms with Crippen molar-refractivity contribution in [3.05, 3.63) is 101 Å².